The van der Waals surface area contributed by atoms with Crippen molar-refractivity contribution in [2.24, 2.45) is 0 Å². The van der Waals surface area contributed by atoms with Crippen LogP contribution in [0.1, 0.15) is 41.6 Å². The molecule has 0 saturated heterocycles. The fourth-order valence-corrected chi connectivity index (χ4v) is 2.68. The number of rotatable bonds is 9. The minimum Gasteiger partial charge on any atom is -0.466 e. The molecule has 1 amide bonds. The van der Waals surface area contributed by atoms with E-state index in [9.17, 15) is 14.4 Å². The van der Waals surface area contributed by atoms with Gasteiger partial charge in [-0.2, -0.15) is 5.10 Å². The minimum atomic E-state index is -0.819. The zero-order valence-electron chi connectivity index (χ0n) is 16.5. The summed E-state index contributed by atoms with van der Waals surface area (Å²) in [7, 11) is 0. The van der Waals surface area contributed by atoms with E-state index in [0.29, 0.717) is 18.8 Å². The van der Waals surface area contributed by atoms with Gasteiger partial charge in [-0.3, -0.25) is 9.59 Å². The Labute approximate surface area is 173 Å². The fourth-order valence-electron chi connectivity index (χ4n) is 2.50. The number of nitrogens with zero attached hydrogens (tertiary/aromatic N) is 3. The zero-order chi connectivity index (χ0) is 21.4. The predicted molar refractivity (Wildman–Crippen MR) is 105 cm³/mol. The summed E-state index contributed by atoms with van der Waals surface area (Å²) >= 11 is 6.06. The monoisotopic (exact) mass is 422 g/mol. The highest BCUT2D eigenvalue weighted by Gasteiger charge is 2.18. The maximum absolute atomic E-state index is 12.3. The van der Waals surface area contributed by atoms with E-state index in [1.165, 1.54) is 6.07 Å². The number of hydrogen-bond donors (Lipinski definition) is 1. The van der Waals surface area contributed by atoms with Crippen molar-refractivity contribution in [3.05, 3.63) is 40.3 Å². The zero-order valence-corrected chi connectivity index (χ0v) is 17.3. The molecule has 0 saturated carbocycles. The van der Waals surface area contributed by atoms with Gasteiger partial charge in [0.25, 0.3) is 5.91 Å². The average Bonchev–Trinajstić information content (AvgIpc) is 3.02. The maximum Gasteiger partial charge on any atom is 0.359 e. The molecular weight excluding hydrogens is 400 g/mol. The molecule has 0 unspecified atom stereocenters. The van der Waals surface area contributed by atoms with Crippen molar-refractivity contribution in [3.63, 3.8) is 0 Å². The summed E-state index contributed by atoms with van der Waals surface area (Å²) in [6, 6.07) is 5.03. The molecule has 10 heteroatoms. The van der Waals surface area contributed by atoms with Crippen LogP contribution in [-0.4, -0.2) is 52.4 Å². The molecule has 0 aliphatic carbocycles. The molecule has 156 valence electrons. The predicted octanol–water partition coefficient (Wildman–Crippen LogP) is 2.15. The largest absolute Gasteiger partial charge is 0.466 e. The number of carbonyl (C=O) groups excluding carboxylic acids is 3. The van der Waals surface area contributed by atoms with Gasteiger partial charge in [-0.1, -0.05) is 11.6 Å². The Hall–Kier alpha value is -2.94. The van der Waals surface area contributed by atoms with Crippen molar-refractivity contribution in [2.45, 2.75) is 33.6 Å². The summed E-state index contributed by atoms with van der Waals surface area (Å²) in [6.07, 6.45) is 0.628. The normalized spacial score (nSPS) is 10.5. The first-order valence-corrected chi connectivity index (χ1v) is 9.49. The van der Waals surface area contributed by atoms with Gasteiger partial charge < -0.3 is 14.8 Å². The lowest BCUT2D eigenvalue weighted by Crippen LogP contribution is -2.30. The second-order valence-corrected chi connectivity index (χ2v) is 6.58. The molecule has 9 nitrogen and oxygen atoms in total. The number of esters is 2. The number of halogens is 1. The quantitative estimate of drug-likeness (QED) is 0.486. The number of amides is 1. The van der Waals surface area contributed by atoms with Crippen LogP contribution in [-0.2, 0) is 19.1 Å². The molecule has 29 heavy (non-hydrogen) atoms. The molecule has 2 rings (SSSR count). The molecule has 0 atom stereocenters. The first-order chi connectivity index (χ1) is 13.8. The van der Waals surface area contributed by atoms with Gasteiger partial charge in [-0.05, 0) is 45.4 Å². The lowest BCUT2D eigenvalue weighted by Gasteiger charge is -2.09. The highest BCUT2D eigenvalue weighted by molar-refractivity contribution is 6.33. The highest BCUT2D eigenvalue weighted by Crippen LogP contribution is 2.18. The number of pyridine rings is 1. The van der Waals surface area contributed by atoms with E-state index < -0.39 is 18.5 Å². The van der Waals surface area contributed by atoms with Crippen LogP contribution in [0.3, 0.4) is 0 Å². The van der Waals surface area contributed by atoms with Crippen LogP contribution >= 0.6 is 11.6 Å². The van der Waals surface area contributed by atoms with Crippen molar-refractivity contribution < 1.29 is 23.9 Å². The van der Waals surface area contributed by atoms with Crippen LogP contribution in [0, 0.1) is 13.8 Å². The van der Waals surface area contributed by atoms with E-state index in [1.807, 2.05) is 19.9 Å². The molecule has 0 radical (unpaired) electrons. The summed E-state index contributed by atoms with van der Waals surface area (Å²) in [4.78, 5) is 39.5. The SMILES string of the molecule is CCOC(=O)CCCNC(=O)COC(=O)c1nc(-n2nc(C)cc2C)ccc1Cl. The second-order valence-electron chi connectivity index (χ2n) is 6.17. The number of aromatic nitrogens is 3. The minimum absolute atomic E-state index is 0.105. The Morgan fingerprint density at radius 1 is 1.21 bits per heavy atom. The molecule has 0 aliphatic rings. The number of nitrogens with one attached hydrogen (secondary N) is 1. The van der Waals surface area contributed by atoms with E-state index in [4.69, 9.17) is 21.1 Å². The molecule has 2 aromatic heterocycles. The molecule has 0 aromatic carbocycles. The van der Waals surface area contributed by atoms with Crippen LogP contribution in [0.2, 0.25) is 5.02 Å². The van der Waals surface area contributed by atoms with Gasteiger partial charge >= 0.3 is 11.9 Å². The van der Waals surface area contributed by atoms with E-state index in [2.05, 4.69) is 15.4 Å². The molecule has 0 aliphatic heterocycles. The van der Waals surface area contributed by atoms with Crippen LogP contribution in [0.4, 0.5) is 0 Å². The van der Waals surface area contributed by atoms with E-state index in [-0.39, 0.29) is 29.7 Å². The van der Waals surface area contributed by atoms with Gasteiger partial charge in [-0.15, -0.1) is 0 Å². The van der Waals surface area contributed by atoms with Crippen molar-refractivity contribution >= 4 is 29.4 Å². The van der Waals surface area contributed by atoms with Gasteiger partial charge in [0.05, 0.1) is 17.3 Å². The lowest BCUT2D eigenvalue weighted by atomic mass is 10.3. The molecule has 0 fully saturated rings. The van der Waals surface area contributed by atoms with Crippen LogP contribution in [0.15, 0.2) is 18.2 Å². The molecule has 2 heterocycles. The fraction of sp³-hybridized carbons (Fsp3) is 0.421. The third kappa shape index (κ3) is 6.56. The van der Waals surface area contributed by atoms with Gasteiger partial charge in [-0.25, -0.2) is 14.5 Å². The topological polar surface area (TPSA) is 112 Å². The Morgan fingerprint density at radius 2 is 1.97 bits per heavy atom. The third-order valence-corrected chi connectivity index (χ3v) is 4.08. The highest BCUT2D eigenvalue weighted by atomic mass is 35.5. The number of hydrogen-bond acceptors (Lipinski definition) is 7. The third-order valence-electron chi connectivity index (χ3n) is 3.77. The summed E-state index contributed by atoms with van der Waals surface area (Å²) in [5.74, 6) is -1.22. The standard InChI is InChI=1S/C19H23ClN4O5/c1-4-28-17(26)6-5-9-21-16(25)11-29-19(27)18-14(20)7-8-15(22-18)24-13(3)10-12(2)23-24/h7-8,10H,4-6,9,11H2,1-3H3,(H,21,25). The van der Waals surface area contributed by atoms with Gasteiger partial charge in [0.2, 0.25) is 0 Å². The summed E-state index contributed by atoms with van der Waals surface area (Å²) < 4.78 is 11.4. The molecule has 0 bridgehead atoms. The molecular formula is C19H23ClN4O5. The number of carbonyl (C=O) groups is 3. The van der Waals surface area contributed by atoms with Gasteiger partial charge in [0, 0.05) is 18.7 Å². The van der Waals surface area contributed by atoms with Crippen LogP contribution < -0.4 is 5.32 Å². The van der Waals surface area contributed by atoms with E-state index in [0.717, 1.165) is 11.4 Å². The van der Waals surface area contributed by atoms with Gasteiger partial charge in [0.1, 0.15) is 0 Å². The maximum atomic E-state index is 12.3. The Kier molecular flexibility index (Phi) is 8.14. The number of ether oxygens (including phenoxy) is 2. The van der Waals surface area contributed by atoms with E-state index >= 15 is 0 Å². The lowest BCUT2D eigenvalue weighted by molar-refractivity contribution is -0.143. The Morgan fingerprint density at radius 3 is 2.62 bits per heavy atom. The van der Waals surface area contributed by atoms with E-state index in [1.54, 1.807) is 17.7 Å². The van der Waals surface area contributed by atoms with Crippen LogP contribution in [0.25, 0.3) is 5.82 Å². The van der Waals surface area contributed by atoms with Gasteiger partial charge in [0.15, 0.2) is 18.1 Å². The van der Waals surface area contributed by atoms with Crippen molar-refractivity contribution in [1.29, 1.82) is 0 Å². The second kappa shape index (κ2) is 10.6. The summed E-state index contributed by atoms with van der Waals surface area (Å²) in [6.45, 7) is 5.53. The van der Waals surface area contributed by atoms with Crippen molar-refractivity contribution in [2.75, 3.05) is 19.8 Å². The molecule has 1 N–H and O–H groups in total. The molecule has 2 aromatic rings. The first-order valence-electron chi connectivity index (χ1n) is 9.11. The summed E-state index contributed by atoms with van der Waals surface area (Å²) in [5.41, 5.74) is 1.55. The van der Waals surface area contributed by atoms with Crippen LogP contribution in [0.5, 0.6) is 0 Å². The van der Waals surface area contributed by atoms with Crippen molar-refractivity contribution in [3.8, 4) is 5.82 Å². The Balaban J connectivity index is 1.89. The first kappa shape index (κ1) is 22.4. The smallest absolute Gasteiger partial charge is 0.359 e. The number of aryl methyl sites for hydroxylation is 2. The summed E-state index contributed by atoms with van der Waals surface area (Å²) in [5, 5.41) is 6.98. The Bertz CT molecular complexity index is 897. The molecule has 0 spiro atoms. The average molecular weight is 423 g/mol. The van der Waals surface area contributed by atoms with Crippen molar-refractivity contribution in [1.82, 2.24) is 20.1 Å².